The first-order chi connectivity index (χ1) is 11.2. The minimum absolute atomic E-state index is 0.679. The zero-order valence-corrected chi connectivity index (χ0v) is 14.8. The highest BCUT2D eigenvalue weighted by atomic mass is 15.2. The van der Waals surface area contributed by atoms with Crippen LogP contribution in [0.2, 0.25) is 0 Å². The minimum Gasteiger partial charge on any atom is -0.356 e. The molecule has 0 unspecified atom stereocenters. The molecule has 1 heterocycles. The van der Waals surface area contributed by atoms with Gasteiger partial charge in [0.2, 0.25) is 5.95 Å². The number of anilines is 3. The smallest absolute Gasteiger partial charge is 0.229 e. The topological polar surface area (TPSA) is 41.1 Å². The zero-order valence-electron chi connectivity index (χ0n) is 14.8. The highest BCUT2D eigenvalue weighted by molar-refractivity contribution is 5.60. The molecule has 124 valence electrons. The Kier molecular flexibility index (Phi) is 6.39. The molecule has 0 amide bonds. The molecule has 0 aliphatic heterocycles. The Bertz CT molecular complexity index is 619. The summed E-state index contributed by atoms with van der Waals surface area (Å²) < 4.78 is 0. The van der Waals surface area contributed by atoms with Gasteiger partial charge in [0.05, 0.1) is 0 Å². The van der Waals surface area contributed by atoms with Gasteiger partial charge in [0.25, 0.3) is 0 Å². The second-order valence-electron chi connectivity index (χ2n) is 5.81. The molecule has 1 aromatic carbocycles. The number of rotatable bonds is 8. The van der Waals surface area contributed by atoms with E-state index >= 15 is 0 Å². The van der Waals surface area contributed by atoms with Crippen LogP contribution in [0.1, 0.15) is 44.9 Å². The van der Waals surface area contributed by atoms with Gasteiger partial charge in [-0.3, -0.25) is 0 Å². The first kappa shape index (κ1) is 17.3. The molecule has 1 aromatic heterocycles. The van der Waals surface area contributed by atoms with Gasteiger partial charge in [0.15, 0.2) is 0 Å². The Morgan fingerprint density at radius 2 is 1.70 bits per heavy atom. The van der Waals surface area contributed by atoms with Crippen molar-refractivity contribution in [2.24, 2.45) is 0 Å². The highest BCUT2D eigenvalue weighted by Crippen LogP contribution is 2.22. The van der Waals surface area contributed by atoms with Crippen LogP contribution in [0.5, 0.6) is 0 Å². The fourth-order valence-electron chi connectivity index (χ4n) is 2.72. The molecule has 2 rings (SSSR count). The molecule has 4 nitrogen and oxygen atoms in total. The molecule has 0 radical (unpaired) electrons. The van der Waals surface area contributed by atoms with Gasteiger partial charge >= 0.3 is 0 Å². The summed E-state index contributed by atoms with van der Waals surface area (Å²) in [6, 6.07) is 10.4. The zero-order chi connectivity index (χ0) is 16.7. The predicted octanol–water partition coefficient (Wildman–Crippen LogP) is 4.72. The van der Waals surface area contributed by atoms with E-state index in [2.05, 4.69) is 60.2 Å². The Balaban J connectivity index is 2.29. The van der Waals surface area contributed by atoms with Crippen LogP contribution in [-0.2, 0) is 6.42 Å². The Hall–Kier alpha value is -2.10. The molecule has 0 atom stereocenters. The Labute approximate surface area is 140 Å². The van der Waals surface area contributed by atoms with Gasteiger partial charge in [-0.25, -0.2) is 4.98 Å². The van der Waals surface area contributed by atoms with E-state index in [1.165, 1.54) is 5.56 Å². The summed E-state index contributed by atoms with van der Waals surface area (Å²) in [6.07, 6.45) is 3.22. The summed E-state index contributed by atoms with van der Waals surface area (Å²) in [7, 11) is 0. The van der Waals surface area contributed by atoms with E-state index in [9.17, 15) is 0 Å². The van der Waals surface area contributed by atoms with Crippen LogP contribution in [-0.4, -0.2) is 23.1 Å². The number of benzene rings is 1. The maximum absolute atomic E-state index is 4.75. The van der Waals surface area contributed by atoms with Gasteiger partial charge in [-0.05, 0) is 37.8 Å². The summed E-state index contributed by atoms with van der Waals surface area (Å²) in [5.74, 6) is 1.69. The molecule has 0 saturated carbocycles. The lowest BCUT2D eigenvalue weighted by Crippen LogP contribution is -2.26. The summed E-state index contributed by atoms with van der Waals surface area (Å²) in [5.41, 5.74) is 3.35. The number of hydrogen-bond donors (Lipinski definition) is 1. The van der Waals surface area contributed by atoms with Crippen LogP contribution in [0.15, 0.2) is 30.3 Å². The SMILES string of the molecule is CCCN(CCC)c1cc(C)nc(Nc2ccccc2CC)n1. The summed E-state index contributed by atoms with van der Waals surface area (Å²) >= 11 is 0. The van der Waals surface area contributed by atoms with Crippen LogP contribution < -0.4 is 10.2 Å². The molecule has 0 bridgehead atoms. The van der Waals surface area contributed by atoms with Crippen molar-refractivity contribution in [3.8, 4) is 0 Å². The molecular formula is C19H28N4. The second-order valence-corrected chi connectivity index (χ2v) is 5.81. The Morgan fingerprint density at radius 1 is 1.00 bits per heavy atom. The van der Waals surface area contributed by atoms with E-state index in [0.29, 0.717) is 5.95 Å². The van der Waals surface area contributed by atoms with Crippen molar-refractivity contribution >= 4 is 17.5 Å². The number of para-hydroxylation sites is 1. The van der Waals surface area contributed by atoms with Crippen molar-refractivity contribution in [1.82, 2.24) is 9.97 Å². The molecule has 0 spiro atoms. The van der Waals surface area contributed by atoms with Crippen molar-refractivity contribution < 1.29 is 0 Å². The highest BCUT2D eigenvalue weighted by Gasteiger charge is 2.10. The standard InChI is InChI=1S/C19H28N4/c1-5-12-23(13-6-2)18-14-15(4)20-19(22-18)21-17-11-9-8-10-16(17)7-3/h8-11,14H,5-7,12-13H2,1-4H3,(H,20,21,22). The third-order valence-electron chi connectivity index (χ3n) is 3.80. The van der Waals surface area contributed by atoms with Gasteiger partial charge < -0.3 is 10.2 Å². The lowest BCUT2D eigenvalue weighted by Gasteiger charge is -2.23. The van der Waals surface area contributed by atoms with Crippen LogP contribution >= 0.6 is 0 Å². The second kappa shape index (κ2) is 8.51. The minimum atomic E-state index is 0.679. The predicted molar refractivity (Wildman–Crippen MR) is 98.7 cm³/mol. The van der Waals surface area contributed by atoms with Crippen molar-refractivity contribution in [3.63, 3.8) is 0 Å². The molecule has 0 aliphatic rings. The molecule has 0 aliphatic carbocycles. The fraction of sp³-hybridized carbons (Fsp3) is 0.474. The van der Waals surface area contributed by atoms with E-state index in [0.717, 1.165) is 49.6 Å². The molecule has 0 saturated heterocycles. The number of nitrogens with one attached hydrogen (secondary N) is 1. The van der Waals surface area contributed by atoms with E-state index in [-0.39, 0.29) is 0 Å². The average molecular weight is 312 g/mol. The third-order valence-corrected chi connectivity index (χ3v) is 3.80. The molecule has 23 heavy (non-hydrogen) atoms. The monoisotopic (exact) mass is 312 g/mol. The maximum Gasteiger partial charge on any atom is 0.229 e. The summed E-state index contributed by atoms with van der Waals surface area (Å²) in [5, 5.41) is 3.39. The van der Waals surface area contributed by atoms with Crippen LogP contribution in [0.25, 0.3) is 0 Å². The van der Waals surface area contributed by atoms with Crippen molar-refractivity contribution in [2.45, 2.75) is 47.0 Å². The summed E-state index contributed by atoms with van der Waals surface area (Å²) in [4.78, 5) is 11.6. The molecule has 2 aromatic rings. The largest absolute Gasteiger partial charge is 0.356 e. The van der Waals surface area contributed by atoms with Gasteiger partial charge in [0.1, 0.15) is 5.82 Å². The number of hydrogen-bond acceptors (Lipinski definition) is 4. The number of aryl methyl sites for hydroxylation is 2. The van der Waals surface area contributed by atoms with E-state index in [1.54, 1.807) is 0 Å². The maximum atomic E-state index is 4.75. The first-order valence-electron chi connectivity index (χ1n) is 8.63. The first-order valence-corrected chi connectivity index (χ1v) is 8.63. The van der Waals surface area contributed by atoms with Gasteiger partial charge in [-0.1, -0.05) is 39.0 Å². The fourth-order valence-corrected chi connectivity index (χ4v) is 2.72. The van der Waals surface area contributed by atoms with Crippen LogP contribution in [0.4, 0.5) is 17.5 Å². The summed E-state index contributed by atoms with van der Waals surface area (Å²) in [6.45, 7) is 10.6. The van der Waals surface area contributed by atoms with Gasteiger partial charge in [0, 0.05) is 30.5 Å². The molecule has 0 fully saturated rings. The lowest BCUT2D eigenvalue weighted by atomic mass is 10.1. The van der Waals surface area contributed by atoms with Crippen molar-refractivity contribution in [2.75, 3.05) is 23.3 Å². The lowest BCUT2D eigenvalue weighted by molar-refractivity contribution is 0.732. The van der Waals surface area contributed by atoms with Gasteiger partial charge in [-0.15, -0.1) is 0 Å². The van der Waals surface area contributed by atoms with E-state index in [1.807, 2.05) is 13.0 Å². The molecule has 4 heteroatoms. The quantitative estimate of drug-likeness (QED) is 0.766. The molecular weight excluding hydrogens is 284 g/mol. The van der Waals surface area contributed by atoms with Crippen molar-refractivity contribution in [3.05, 3.63) is 41.6 Å². The van der Waals surface area contributed by atoms with Crippen LogP contribution in [0, 0.1) is 6.92 Å². The van der Waals surface area contributed by atoms with Gasteiger partial charge in [-0.2, -0.15) is 4.98 Å². The third kappa shape index (κ3) is 4.68. The number of aromatic nitrogens is 2. The van der Waals surface area contributed by atoms with E-state index < -0.39 is 0 Å². The molecule has 1 N–H and O–H groups in total. The Morgan fingerprint density at radius 3 is 2.35 bits per heavy atom. The van der Waals surface area contributed by atoms with Crippen LogP contribution in [0.3, 0.4) is 0 Å². The van der Waals surface area contributed by atoms with E-state index in [4.69, 9.17) is 4.98 Å². The van der Waals surface area contributed by atoms with Crippen molar-refractivity contribution in [1.29, 1.82) is 0 Å². The number of nitrogens with zero attached hydrogens (tertiary/aromatic N) is 3. The normalized spacial score (nSPS) is 10.6. The average Bonchev–Trinajstić information content (AvgIpc) is 2.54.